The average molecular weight is 404 g/mol. The van der Waals surface area contributed by atoms with Gasteiger partial charge in [0.1, 0.15) is 0 Å². The predicted molar refractivity (Wildman–Crippen MR) is 129 cm³/mol. The van der Waals surface area contributed by atoms with Gasteiger partial charge in [-0.3, -0.25) is 5.01 Å². The third kappa shape index (κ3) is 4.36. The van der Waals surface area contributed by atoms with Gasteiger partial charge in [-0.25, -0.2) is 0 Å². The SMILES string of the molecule is c1ccc(NCc2ccc(N3N=C(c4ccccc4)C[C@@H]3c3ccccc3)cc2)cc1. The number of rotatable bonds is 6. The highest BCUT2D eigenvalue weighted by atomic mass is 15.5. The molecule has 0 spiro atoms. The third-order valence-electron chi connectivity index (χ3n) is 5.67. The van der Waals surface area contributed by atoms with Crippen LogP contribution in [0, 0.1) is 0 Å². The Morgan fingerprint density at radius 3 is 2.00 bits per heavy atom. The van der Waals surface area contributed by atoms with E-state index in [4.69, 9.17) is 5.10 Å². The number of hydrogen-bond acceptors (Lipinski definition) is 3. The van der Waals surface area contributed by atoms with Crippen molar-refractivity contribution in [2.24, 2.45) is 5.10 Å². The van der Waals surface area contributed by atoms with Crippen molar-refractivity contribution in [3.63, 3.8) is 0 Å². The van der Waals surface area contributed by atoms with Gasteiger partial charge in [0.05, 0.1) is 17.4 Å². The molecule has 1 heterocycles. The van der Waals surface area contributed by atoms with Gasteiger partial charge in [-0.05, 0) is 41.0 Å². The van der Waals surface area contributed by atoms with Gasteiger partial charge < -0.3 is 5.32 Å². The maximum absolute atomic E-state index is 5.04. The quantitative estimate of drug-likeness (QED) is 0.390. The summed E-state index contributed by atoms with van der Waals surface area (Å²) in [5.74, 6) is 0. The molecule has 152 valence electrons. The summed E-state index contributed by atoms with van der Waals surface area (Å²) in [5, 5.41) is 10.7. The van der Waals surface area contributed by atoms with Crippen molar-refractivity contribution >= 4 is 17.1 Å². The third-order valence-corrected chi connectivity index (χ3v) is 5.67. The average Bonchev–Trinajstić information content (AvgIpc) is 3.30. The van der Waals surface area contributed by atoms with Gasteiger partial charge in [0.2, 0.25) is 0 Å². The molecule has 0 fully saturated rings. The number of anilines is 2. The number of nitrogens with zero attached hydrogens (tertiary/aromatic N) is 2. The van der Waals surface area contributed by atoms with Gasteiger partial charge in [-0.15, -0.1) is 0 Å². The van der Waals surface area contributed by atoms with E-state index in [-0.39, 0.29) is 6.04 Å². The van der Waals surface area contributed by atoms with Crippen LogP contribution in [0.4, 0.5) is 11.4 Å². The van der Waals surface area contributed by atoms with E-state index in [9.17, 15) is 0 Å². The molecule has 1 aliphatic heterocycles. The lowest BCUT2D eigenvalue weighted by Crippen LogP contribution is -2.18. The van der Waals surface area contributed by atoms with Crippen LogP contribution in [0.3, 0.4) is 0 Å². The molecule has 0 saturated carbocycles. The molecule has 0 unspecified atom stereocenters. The van der Waals surface area contributed by atoms with Crippen molar-refractivity contribution in [1.29, 1.82) is 0 Å². The van der Waals surface area contributed by atoms with E-state index < -0.39 is 0 Å². The van der Waals surface area contributed by atoms with E-state index in [1.165, 1.54) is 16.7 Å². The lowest BCUT2D eigenvalue weighted by atomic mass is 9.98. The van der Waals surface area contributed by atoms with Crippen LogP contribution in [0.2, 0.25) is 0 Å². The highest BCUT2D eigenvalue weighted by Crippen LogP contribution is 2.36. The zero-order valence-corrected chi connectivity index (χ0v) is 17.4. The Kier molecular flexibility index (Phi) is 5.48. The molecule has 4 aromatic rings. The van der Waals surface area contributed by atoms with Gasteiger partial charge in [0.15, 0.2) is 0 Å². The number of hydrazone groups is 1. The molecule has 3 heteroatoms. The fourth-order valence-corrected chi connectivity index (χ4v) is 4.01. The summed E-state index contributed by atoms with van der Waals surface area (Å²) in [7, 11) is 0. The second kappa shape index (κ2) is 8.88. The molecule has 0 saturated heterocycles. The van der Waals surface area contributed by atoms with Crippen LogP contribution in [0.25, 0.3) is 0 Å². The molecule has 4 aromatic carbocycles. The van der Waals surface area contributed by atoms with Crippen molar-refractivity contribution < 1.29 is 0 Å². The molecule has 0 radical (unpaired) electrons. The maximum atomic E-state index is 5.04. The molecular weight excluding hydrogens is 378 g/mol. The van der Waals surface area contributed by atoms with Crippen LogP contribution in [0.5, 0.6) is 0 Å². The van der Waals surface area contributed by atoms with E-state index in [1.807, 2.05) is 24.3 Å². The van der Waals surface area contributed by atoms with Gasteiger partial charge in [0, 0.05) is 18.7 Å². The highest BCUT2D eigenvalue weighted by Gasteiger charge is 2.29. The number of para-hydroxylation sites is 1. The summed E-state index contributed by atoms with van der Waals surface area (Å²) < 4.78 is 0. The lowest BCUT2D eigenvalue weighted by Gasteiger charge is -2.24. The first-order valence-corrected chi connectivity index (χ1v) is 10.7. The molecule has 0 aromatic heterocycles. The van der Waals surface area contributed by atoms with E-state index in [1.54, 1.807) is 0 Å². The first kappa shape index (κ1) is 19.1. The first-order valence-electron chi connectivity index (χ1n) is 10.7. The van der Waals surface area contributed by atoms with E-state index in [2.05, 4.69) is 101 Å². The van der Waals surface area contributed by atoms with Crippen molar-refractivity contribution in [2.45, 2.75) is 19.0 Å². The predicted octanol–water partition coefficient (Wildman–Crippen LogP) is 6.65. The number of nitrogens with one attached hydrogen (secondary N) is 1. The molecule has 5 rings (SSSR count). The van der Waals surface area contributed by atoms with Crippen LogP contribution < -0.4 is 10.3 Å². The van der Waals surface area contributed by atoms with Crippen LogP contribution >= 0.6 is 0 Å². The first-order chi connectivity index (χ1) is 15.4. The van der Waals surface area contributed by atoms with Crippen molar-refractivity contribution in [2.75, 3.05) is 10.3 Å². The highest BCUT2D eigenvalue weighted by molar-refractivity contribution is 6.03. The fraction of sp³-hybridized carbons (Fsp3) is 0.107. The monoisotopic (exact) mass is 403 g/mol. The number of benzene rings is 4. The zero-order chi connectivity index (χ0) is 20.9. The normalized spacial score (nSPS) is 15.5. The Morgan fingerprint density at radius 1 is 0.710 bits per heavy atom. The van der Waals surface area contributed by atoms with Crippen molar-refractivity contribution in [3.8, 4) is 0 Å². The number of hydrogen-bond donors (Lipinski definition) is 1. The Hall–Kier alpha value is -3.85. The molecule has 1 aliphatic rings. The second-order valence-corrected chi connectivity index (χ2v) is 7.77. The van der Waals surface area contributed by atoms with Crippen LogP contribution in [-0.2, 0) is 6.54 Å². The van der Waals surface area contributed by atoms with Crippen LogP contribution in [0.1, 0.15) is 29.2 Å². The molecule has 0 amide bonds. The van der Waals surface area contributed by atoms with Gasteiger partial charge in [-0.1, -0.05) is 91.0 Å². The minimum Gasteiger partial charge on any atom is -0.381 e. The molecule has 1 atom stereocenters. The van der Waals surface area contributed by atoms with Gasteiger partial charge >= 0.3 is 0 Å². The summed E-state index contributed by atoms with van der Waals surface area (Å²) in [6.45, 7) is 0.797. The Labute approximate surface area is 183 Å². The molecule has 1 N–H and O–H groups in total. The minimum absolute atomic E-state index is 0.199. The Morgan fingerprint density at radius 2 is 1.32 bits per heavy atom. The summed E-state index contributed by atoms with van der Waals surface area (Å²) in [4.78, 5) is 0. The van der Waals surface area contributed by atoms with Crippen molar-refractivity contribution in [1.82, 2.24) is 0 Å². The largest absolute Gasteiger partial charge is 0.381 e. The van der Waals surface area contributed by atoms with E-state index >= 15 is 0 Å². The summed E-state index contributed by atoms with van der Waals surface area (Å²) >= 11 is 0. The van der Waals surface area contributed by atoms with Crippen LogP contribution in [0.15, 0.2) is 120 Å². The molecule has 0 bridgehead atoms. The van der Waals surface area contributed by atoms with E-state index in [0.29, 0.717) is 0 Å². The smallest absolute Gasteiger partial charge is 0.0831 e. The Bertz CT molecular complexity index is 1140. The minimum atomic E-state index is 0.199. The molecular formula is C28H25N3. The Balaban J connectivity index is 1.39. The zero-order valence-electron chi connectivity index (χ0n) is 17.4. The van der Waals surface area contributed by atoms with Crippen molar-refractivity contribution in [3.05, 3.63) is 132 Å². The van der Waals surface area contributed by atoms with Gasteiger partial charge in [-0.2, -0.15) is 5.10 Å². The standard InChI is InChI=1S/C28H25N3/c1-4-10-23(11-5-1)27-20-28(24-12-6-2-7-13-24)31(30-27)26-18-16-22(17-19-26)21-29-25-14-8-3-9-15-25/h1-19,28-29H,20-21H2/t28-/m1/s1. The topological polar surface area (TPSA) is 27.6 Å². The summed E-state index contributed by atoms with van der Waals surface area (Å²) in [6, 6.07) is 40.4. The lowest BCUT2D eigenvalue weighted by molar-refractivity contribution is 0.709. The second-order valence-electron chi connectivity index (χ2n) is 7.77. The molecule has 0 aliphatic carbocycles. The molecule has 3 nitrogen and oxygen atoms in total. The molecule has 31 heavy (non-hydrogen) atoms. The van der Waals surface area contributed by atoms with Crippen LogP contribution in [-0.4, -0.2) is 5.71 Å². The summed E-state index contributed by atoms with van der Waals surface area (Å²) in [5.41, 5.74) is 7.09. The summed E-state index contributed by atoms with van der Waals surface area (Å²) in [6.07, 6.45) is 0.894. The van der Waals surface area contributed by atoms with Gasteiger partial charge in [0.25, 0.3) is 0 Å². The maximum Gasteiger partial charge on any atom is 0.0831 e. The fourth-order valence-electron chi connectivity index (χ4n) is 4.01. The van der Waals surface area contributed by atoms with E-state index in [0.717, 1.165) is 30.1 Å².